The summed E-state index contributed by atoms with van der Waals surface area (Å²) >= 11 is 0. The Morgan fingerprint density at radius 2 is 2.11 bits per heavy atom. The summed E-state index contributed by atoms with van der Waals surface area (Å²) < 4.78 is 1.84. The molecule has 18 heavy (non-hydrogen) atoms. The molecule has 96 valence electrons. The topological polar surface area (TPSA) is 54.2 Å². The molecule has 1 aliphatic rings. The summed E-state index contributed by atoms with van der Waals surface area (Å²) in [5, 5.41) is 11.3. The maximum atomic E-state index is 4.51. The number of aryl methyl sites for hydroxylation is 1. The lowest BCUT2D eigenvalue weighted by molar-refractivity contribution is 0.363. The van der Waals surface area contributed by atoms with Crippen LogP contribution in [0.2, 0.25) is 0 Å². The Morgan fingerprint density at radius 1 is 1.33 bits per heavy atom. The van der Waals surface area contributed by atoms with E-state index in [-0.39, 0.29) is 5.54 Å². The molecule has 2 N–H and O–H groups in total. The maximum Gasteiger partial charge on any atom is 0.243 e. The first-order chi connectivity index (χ1) is 8.65. The highest BCUT2D eigenvalue weighted by molar-refractivity contribution is 5.45. The average Bonchev–Trinajstić information content (AvgIpc) is 2.70. The monoisotopic (exact) mass is 245 g/mol. The highest BCUT2D eigenvalue weighted by atomic mass is 15.4. The molecular formula is C13H19N5. The first-order valence-electron chi connectivity index (χ1n) is 6.47. The number of rotatable bonds is 2. The van der Waals surface area contributed by atoms with Gasteiger partial charge in [-0.1, -0.05) is 6.07 Å². The number of aromatic nitrogens is 3. The molecule has 0 amide bonds. The van der Waals surface area contributed by atoms with Crippen molar-refractivity contribution in [2.24, 2.45) is 0 Å². The van der Waals surface area contributed by atoms with E-state index in [2.05, 4.69) is 40.6 Å². The highest BCUT2D eigenvalue weighted by Gasteiger charge is 2.27. The molecule has 1 saturated heterocycles. The average molecular weight is 245 g/mol. The van der Waals surface area contributed by atoms with Crippen molar-refractivity contribution in [3.63, 3.8) is 0 Å². The van der Waals surface area contributed by atoms with E-state index in [1.807, 2.05) is 16.8 Å². The molecule has 0 aromatic carbocycles. The van der Waals surface area contributed by atoms with Crippen molar-refractivity contribution < 1.29 is 0 Å². The van der Waals surface area contributed by atoms with Gasteiger partial charge in [-0.05, 0) is 51.4 Å². The molecule has 1 fully saturated rings. The molecule has 5 nitrogen and oxygen atoms in total. The van der Waals surface area contributed by atoms with E-state index in [0.29, 0.717) is 0 Å². The number of nitrogens with zero attached hydrogens (tertiary/aromatic N) is 3. The lowest BCUT2D eigenvalue weighted by atomic mass is 9.91. The molecular weight excluding hydrogens is 226 g/mol. The minimum Gasteiger partial charge on any atom is -0.348 e. The van der Waals surface area contributed by atoms with Crippen LogP contribution in [-0.4, -0.2) is 33.2 Å². The molecule has 0 aliphatic carbocycles. The smallest absolute Gasteiger partial charge is 0.243 e. The normalized spacial score (nSPS) is 19.0. The number of hydrogen-bond donors (Lipinski definition) is 2. The van der Waals surface area contributed by atoms with E-state index < -0.39 is 0 Å². The quantitative estimate of drug-likeness (QED) is 0.843. The van der Waals surface area contributed by atoms with Crippen molar-refractivity contribution >= 4 is 11.6 Å². The van der Waals surface area contributed by atoms with Crippen molar-refractivity contribution in [3.8, 4) is 0 Å². The number of fused-ring (bicyclic) bond motifs is 1. The van der Waals surface area contributed by atoms with Crippen LogP contribution in [0.25, 0.3) is 5.65 Å². The summed E-state index contributed by atoms with van der Waals surface area (Å²) in [6, 6.07) is 4.05. The standard InChI is InChI=1S/C13H19N5/c1-10-3-4-11-15-12(17-18(11)9-10)16-13(2)5-7-14-8-6-13/h3-4,9,14H,5-8H2,1-2H3,(H,16,17). The van der Waals surface area contributed by atoms with Crippen molar-refractivity contribution in [1.82, 2.24) is 19.9 Å². The number of anilines is 1. The lowest BCUT2D eigenvalue weighted by Crippen LogP contribution is -2.45. The molecule has 5 heteroatoms. The van der Waals surface area contributed by atoms with Crippen molar-refractivity contribution in [1.29, 1.82) is 0 Å². The van der Waals surface area contributed by atoms with Crippen LogP contribution in [0, 0.1) is 6.92 Å². The Hall–Kier alpha value is -1.62. The summed E-state index contributed by atoms with van der Waals surface area (Å²) in [4.78, 5) is 4.51. The molecule has 0 saturated carbocycles. The number of hydrogen-bond acceptors (Lipinski definition) is 4. The van der Waals surface area contributed by atoms with Gasteiger partial charge in [0.15, 0.2) is 5.65 Å². The summed E-state index contributed by atoms with van der Waals surface area (Å²) in [5.41, 5.74) is 2.18. The summed E-state index contributed by atoms with van der Waals surface area (Å²) in [5.74, 6) is 0.727. The van der Waals surface area contributed by atoms with Crippen LogP contribution < -0.4 is 10.6 Å². The van der Waals surface area contributed by atoms with Gasteiger partial charge in [-0.2, -0.15) is 4.98 Å². The van der Waals surface area contributed by atoms with E-state index in [1.165, 1.54) is 5.56 Å². The fraction of sp³-hybridized carbons (Fsp3) is 0.538. The van der Waals surface area contributed by atoms with Crippen LogP contribution in [0.4, 0.5) is 5.95 Å². The van der Waals surface area contributed by atoms with Gasteiger partial charge in [0.25, 0.3) is 0 Å². The number of pyridine rings is 1. The van der Waals surface area contributed by atoms with Gasteiger partial charge in [-0.25, -0.2) is 4.52 Å². The van der Waals surface area contributed by atoms with Crippen molar-refractivity contribution in [3.05, 3.63) is 23.9 Å². The van der Waals surface area contributed by atoms with Gasteiger partial charge in [0.05, 0.1) is 0 Å². The van der Waals surface area contributed by atoms with Crippen LogP contribution in [-0.2, 0) is 0 Å². The molecule has 0 atom stereocenters. The van der Waals surface area contributed by atoms with E-state index in [4.69, 9.17) is 0 Å². The van der Waals surface area contributed by atoms with Gasteiger partial charge in [0.2, 0.25) is 5.95 Å². The third-order valence-corrected chi connectivity index (χ3v) is 3.60. The second kappa shape index (κ2) is 4.24. The van der Waals surface area contributed by atoms with Gasteiger partial charge in [0, 0.05) is 11.7 Å². The second-order valence-corrected chi connectivity index (χ2v) is 5.38. The lowest BCUT2D eigenvalue weighted by Gasteiger charge is -2.34. The van der Waals surface area contributed by atoms with Crippen molar-refractivity contribution in [2.75, 3.05) is 18.4 Å². The summed E-state index contributed by atoms with van der Waals surface area (Å²) in [6.07, 6.45) is 4.20. The molecule has 3 heterocycles. The third-order valence-electron chi connectivity index (χ3n) is 3.60. The number of piperidine rings is 1. The Kier molecular flexibility index (Phi) is 2.70. The number of nitrogens with one attached hydrogen (secondary N) is 2. The molecule has 0 bridgehead atoms. The Balaban J connectivity index is 1.86. The van der Waals surface area contributed by atoms with Gasteiger partial charge in [0.1, 0.15) is 0 Å². The largest absolute Gasteiger partial charge is 0.348 e. The summed E-state index contributed by atoms with van der Waals surface area (Å²) in [6.45, 7) is 6.40. The fourth-order valence-electron chi connectivity index (χ4n) is 2.41. The summed E-state index contributed by atoms with van der Waals surface area (Å²) in [7, 11) is 0. The second-order valence-electron chi connectivity index (χ2n) is 5.38. The SMILES string of the molecule is Cc1ccc2nc(NC3(C)CCNCC3)nn2c1. The Bertz CT molecular complexity index is 554. The Labute approximate surface area is 107 Å². The maximum absolute atomic E-state index is 4.51. The fourth-order valence-corrected chi connectivity index (χ4v) is 2.41. The first kappa shape index (κ1) is 11.5. The van der Waals surface area contributed by atoms with Gasteiger partial charge < -0.3 is 10.6 Å². The van der Waals surface area contributed by atoms with Crippen LogP contribution in [0.5, 0.6) is 0 Å². The molecule has 1 aliphatic heterocycles. The van der Waals surface area contributed by atoms with Gasteiger partial charge in [-0.3, -0.25) is 0 Å². The van der Waals surface area contributed by atoms with E-state index in [0.717, 1.165) is 37.5 Å². The zero-order chi connectivity index (χ0) is 12.6. The minimum absolute atomic E-state index is 0.102. The first-order valence-corrected chi connectivity index (χ1v) is 6.47. The molecule has 0 radical (unpaired) electrons. The molecule has 2 aromatic rings. The van der Waals surface area contributed by atoms with Gasteiger partial charge in [-0.15, -0.1) is 5.10 Å². The molecule has 0 spiro atoms. The molecule has 2 aromatic heterocycles. The minimum atomic E-state index is 0.102. The van der Waals surface area contributed by atoms with Gasteiger partial charge >= 0.3 is 0 Å². The van der Waals surface area contributed by atoms with E-state index in [1.54, 1.807) is 0 Å². The Morgan fingerprint density at radius 3 is 2.89 bits per heavy atom. The predicted molar refractivity (Wildman–Crippen MR) is 71.9 cm³/mol. The zero-order valence-corrected chi connectivity index (χ0v) is 10.9. The van der Waals surface area contributed by atoms with Crippen LogP contribution >= 0.6 is 0 Å². The van der Waals surface area contributed by atoms with Crippen LogP contribution in [0.1, 0.15) is 25.3 Å². The predicted octanol–water partition coefficient (Wildman–Crippen LogP) is 1.59. The van der Waals surface area contributed by atoms with E-state index in [9.17, 15) is 0 Å². The van der Waals surface area contributed by atoms with E-state index >= 15 is 0 Å². The third kappa shape index (κ3) is 2.18. The zero-order valence-electron chi connectivity index (χ0n) is 10.9. The van der Waals surface area contributed by atoms with Crippen LogP contribution in [0.3, 0.4) is 0 Å². The van der Waals surface area contributed by atoms with Crippen molar-refractivity contribution in [2.45, 2.75) is 32.2 Å². The molecule has 0 unspecified atom stereocenters. The highest BCUT2D eigenvalue weighted by Crippen LogP contribution is 2.22. The molecule has 3 rings (SSSR count). The van der Waals surface area contributed by atoms with Crippen LogP contribution in [0.15, 0.2) is 18.3 Å².